The van der Waals surface area contributed by atoms with Crippen LogP contribution in [0.4, 0.5) is 0 Å². The quantitative estimate of drug-likeness (QED) is 0.239. The van der Waals surface area contributed by atoms with E-state index in [9.17, 15) is 20.1 Å². The highest BCUT2D eigenvalue weighted by Gasteiger charge is 2.72. The van der Waals surface area contributed by atoms with Crippen LogP contribution in [0.15, 0.2) is 18.2 Å². The largest absolute Gasteiger partial charge is 0.508 e. The van der Waals surface area contributed by atoms with Crippen LogP contribution >= 0.6 is 0 Å². The third kappa shape index (κ3) is 5.77. The molecule has 9 nitrogen and oxygen atoms in total. The van der Waals surface area contributed by atoms with Gasteiger partial charge in [-0.1, -0.05) is 34.6 Å². The SMILES string of the molecule is C[C@H]1C(Oc2cc(O)cc(O[C@@H]3CC[C@]4(C)C5CC[C@@]6(C)C(CCC6[C@H](C)CCC(=O)O)C5C[C@H](O)C4C3)c2)OC2O[C@@]3(C)CCC4[C@H](C)CCC1C24O3. The molecule has 8 fully saturated rings. The molecule has 1 aromatic rings. The van der Waals surface area contributed by atoms with Gasteiger partial charge in [-0.05, 0) is 142 Å². The van der Waals surface area contributed by atoms with E-state index in [1.165, 1.54) is 32.1 Å². The predicted octanol–water partition coefficient (Wildman–Crippen LogP) is 8.93. The van der Waals surface area contributed by atoms with E-state index in [2.05, 4.69) is 41.5 Å². The molecule has 5 aliphatic carbocycles. The zero-order valence-electron chi connectivity index (χ0n) is 33.5. The number of hydrogen-bond acceptors (Lipinski definition) is 8. The molecule has 9 rings (SSSR count). The number of aliphatic hydroxyl groups excluding tert-OH is 1. The van der Waals surface area contributed by atoms with E-state index >= 15 is 0 Å². The van der Waals surface area contributed by atoms with Gasteiger partial charge in [-0.2, -0.15) is 0 Å². The fourth-order valence-electron chi connectivity index (χ4n) is 15.2. The fraction of sp³-hybridized carbons (Fsp3) is 0.844. The maximum atomic E-state index is 11.9. The summed E-state index contributed by atoms with van der Waals surface area (Å²) in [5.41, 5.74) is -0.145. The molecule has 3 heterocycles. The van der Waals surface area contributed by atoms with Gasteiger partial charge in [0.2, 0.25) is 6.29 Å². The van der Waals surface area contributed by atoms with Crippen LogP contribution in [0.1, 0.15) is 131 Å². The molecule has 3 saturated heterocycles. The van der Waals surface area contributed by atoms with Gasteiger partial charge in [-0.3, -0.25) is 4.79 Å². The summed E-state index contributed by atoms with van der Waals surface area (Å²) in [7, 11) is 0. The molecule has 2 bridgehead atoms. The molecule has 1 aromatic carbocycles. The second-order valence-corrected chi connectivity index (χ2v) is 20.4. The third-order valence-corrected chi connectivity index (χ3v) is 17.8. The highest BCUT2D eigenvalue weighted by Crippen LogP contribution is 2.69. The minimum atomic E-state index is -0.693. The van der Waals surface area contributed by atoms with Crippen LogP contribution in [-0.4, -0.2) is 57.5 Å². The van der Waals surface area contributed by atoms with Gasteiger partial charge in [-0.15, -0.1) is 0 Å². The Hall–Kier alpha value is -2.07. The standard InChI is InChI=1S/C45H66O9/c1-24(8-12-39(48)49)32-10-11-35-31-23-38(47)37-22-28(13-16-43(37,5)36(31)14-17-42(32,35)4)50-29-19-27(46)20-30(21-29)51-40-26(3)34-9-7-25(2)33-15-18-44(6)53-41(52-40)45(33,34)54-44/h19-21,24-26,28,31-38,40-41,46-47H,7-18,22-23H2,1-6H3,(H,48,49)/t24-,25-,26-,28-,31?,32?,33?,34?,35?,36?,37?,38+,40?,41?,42-,43-,44-,45?/m1/s1. The Morgan fingerprint density at radius 2 is 1.56 bits per heavy atom. The van der Waals surface area contributed by atoms with Crippen molar-refractivity contribution < 1.29 is 43.8 Å². The molecule has 8 aliphatic rings. The van der Waals surface area contributed by atoms with Crippen molar-refractivity contribution in [1.29, 1.82) is 0 Å². The first-order chi connectivity index (χ1) is 25.6. The molecule has 1 spiro atoms. The minimum Gasteiger partial charge on any atom is -0.508 e. The van der Waals surface area contributed by atoms with E-state index in [1.807, 2.05) is 6.07 Å². The van der Waals surface area contributed by atoms with Crippen LogP contribution in [0.3, 0.4) is 0 Å². The normalized spacial score (nSPS) is 50.9. The first-order valence-electron chi connectivity index (χ1n) is 21.7. The molecule has 5 saturated carbocycles. The number of hydrogen-bond donors (Lipinski definition) is 3. The Morgan fingerprint density at radius 3 is 2.33 bits per heavy atom. The third-order valence-electron chi connectivity index (χ3n) is 17.8. The number of aromatic hydroxyl groups is 1. The highest BCUT2D eigenvalue weighted by atomic mass is 16.9. The molecule has 300 valence electrons. The average Bonchev–Trinajstić information content (AvgIpc) is 3.57. The molecule has 3 N–H and O–H groups in total. The summed E-state index contributed by atoms with van der Waals surface area (Å²) in [6.07, 6.45) is 12.1. The van der Waals surface area contributed by atoms with Gasteiger partial charge < -0.3 is 39.0 Å². The van der Waals surface area contributed by atoms with E-state index < -0.39 is 29.9 Å². The fourth-order valence-corrected chi connectivity index (χ4v) is 15.2. The molecule has 0 aromatic heterocycles. The number of fused-ring (bicyclic) bond motifs is 6. The van der Waals surface area contributed by atoms with Crippen molar-refractivity contribution in [2.24, 2.45) is 70.0 Å². The molecular weight excluding hydrogens is 684 g/mol. The van der Waals surface area contributed by atoms with Crippen molar-refractivity contribution >= 4 is 5.97 Å². The predicted molar refractivity (Wildman–Crippen MR) is 202 cm³/mol. The van der Waals surface area contributed by atoms with Gasteiger partial charge in [0.1, 0.15) is 22.8 Å². The van der Waals surface area contributed by atoms with E-state index in [1.54, 1.807) is 12.1 Å². The van der Waals surface area contributed by atoms with Crippen molar-refractivity contribution in [1.82, 2.24) is 0 Å². The second kappa shape index (κ2) is 13.2. The maximum Gasteiger partial charge on any atom is 0.303 e. The summed E-state index contributed by atoms with van der Waals surface area (Å²) in [4.78, 5) is 11.4. The number of ether oxygens (including phenoxy) is 5. The molecule has 9 heteroatoms. The molecule has 3 aliphatic heterocycles. The lowest BCUT2D eigenvalue weighted by atomic mass is 9.43. The van der Waals surface area contributed by atoms with Gasteiger partial charge in [0, 0.05) is 42.9 Å². The second-order valence-electron chi connectivity index (χ2n) is 20.4. The van der Waals surface area contributed by atoms with Crippen LogP contribution in [-0.2, 0) is 19.0 Å². The minimum absolute atomic E-state index is 0.0568. The number of rotatable bonds is 8. The highest BCUT2D eigenvalue weighted by molar-refractivity contribution is 5.66. The molecular formula is C45H66O9. The molecule has 54 heavy (non-hydrogen) atoms. The number of carboxylic acid groups (broad SMARTS) is 1. The summed E-state index contributed by atoms with van der Waals surface area (Å²) in [5, 5.41) is 32.1. The Labute approximate surface area is 322 Å². The zero-order valence-corrected chi connectivity index (χ0v) is 33.5. The summed E-state index contributed by atoms with van der Waals surface area (Å²) in [5.74, 6) is 4.04. The molecule has 0 amide bonds. The number of aliphatic carboxylic acids is 1. The average molecular weight is 751 g/mol. The van der Waals surface area contributed by atoms with Crippen molar-refractivity contribution in [3.63, 3.8) is 0 Å². The number of phenols is 1. The van der Waals surface area contributed by atoms with Crippen LogP contribution in [0.2, 0.25) is 0 Å². The number of carboxylic acids is 1. The summed E-state index contributed by atoms with van der Waals surface area (Å²) >= 11 is 0. The van der Waals surface area contributed by atoms with Crippen LogP contribution < -0.4 is 9.47 Å². The Balaban J connectivity index is 0.868. The first kappa shape index (κ1) is 37.5. The zero-order chi connectivity index (χ0) is 37.9. The first-order valence-corrected chi connectivity index (χ1v) is 21.7. The van der Waals surface area contributed by atoms with Gasteiger partial charge in [0.25, 0.3) is 0 Å². The van der Waals surface area contributed by atoms with Crippen molar-refractivity contribution in [3.8, 4) is 17.2 Å². The van der Waals surface area contributed by atoms with Crippen LogP contribution in [0, 0.1) is 70.0 Å². The van der Waals surface area contributed by atoms with Crippen molar-refractivity contribution in [3.05, 3.63) is 18.2 Å². The summed E-state index contributed by atoms with van der Waals surface area (Å²) < 4.78 is 33.3. The van der Waals surface area contributed by atoms with E-state index in [-0.39, 0.29) is 53.0 Å². The lowest BCUT2D eigenvalue weighted by Gasteiger charge is -2.62. The number of aliphatic hydroxyl groups is 1. The van der Waals surface area contributed by atoms with Crippen LogP contribution in [0.25, 0.3) is 0 Å². The van der Waals surface area contributed by atoms with Gasteiger partial charge in [-0.25, -0.2) is 0 Å². The summed E-state index contributed by atoms with van der Waals surface area (Å²) in [6.45, 7) is 13.8. The summed E-state index contributed by atoms with van der Waals surface area (Å²) in [6, 6.07) is 5.20. The lowest BCUT2D eigenvalue weighted by Crippen LogP contribution is -2.66. The van der Waals surface area contributed by atoms with Crippen LogP contribution in [0.5, 0.6) is 17.2 Å². The molecule has 18 atom stereocenters. The Morgan fingerprint density at radius 1 is 0.852 bits per heavy atom. The number of phenolic OH excluding ortho intramolecular Hbond substituents is 1. The topological polar surface area (TPSA) is 124 Å². The molecule has 10 unspecified atom stereocenters. The van der Waals surface area contributed by atoms with Crippen molar-refractivity contribution in [2.75, 3.05) is 0 Å². The van der Waals surface area contributed by atoms with Gasteiger partial charge in [0.05, 0.1) is 12.2 Å². The Bertz CT molecular complexity index is 1600. The monoisotopic (exact) mass is 750 g/mol. The lowest BCUT2D eigenvalue weighted by molar-refractivity contribution is -0.320. The number of benzene rings is 1. The van der Waals surface area contributed by atoms with E-state index in [4.69, 9.17) is 23.7 Å². The van der Waals surface area contributed by atoms with Gasteiger partial charge in [0.15, 0.2) is 12.1 Å². The Kier molecular flexibility index (Phi) is 9.19. The van der Waals surface area contributed by atoms with E-state index in [0.717, 1.165) is 51.4 Å². The van der Waals surface area contributed by atoms with Gasteiger partial charge >= 0.3 is 5.97 Å². The van der Waals surface area contributed by atoms with E-state index in [0.29, 0.717) is 52.9 Å². The smallest absolute Gasteiger partial charge is 0.303 e. The van der Waals surface area contributed by atoms with Crippen molar-refractivity contribution in [2.45, 2.75) is 168 Å². The molecule has 0 radical (unpaired) electrons. The maximum absolute atomic E-state index is 11.9. The number of carbonyl (C=O) groups is 1.